The second-order valence-corrected chi connectivity index (χ2v) is 6.81. The highest BCUT2D eigenvalue weighted by molar-refractivity contribution is 7.49. The van der Waals surface area contributed by atoms with E-state index < -0.39 is 7.82 Å². The van der Waals surface area contributed by atoms with Crippen LogP contribution in [0.4, 0.5) is 0 Å². The normalized spacial score (nSPS) is 11.0. The van der Waals surface area contributed by atoms with Gasteiger partial charge in [0.2, 0.25) is 0 Å². The molecule has 0 atom stereocenters. The Bertz CT molecular complexity index is 670. The van der Waals surface area contributed by atoms with Crippen LogP contribution in [0.5, 0.6) is 11.5 Å². The Kier molecular flexibility index (Phi) is 5.17. The third kappa shape index (κ3) is 3.96. The van der Waals surface area contributed by atoms with E-state index in [1.165, 1.54) is 0 Å². The number of para-hydroxylation sites is 2. The van der Waals surface area contributed by atoms with Crippen molar-refractivity contribution in [2.24, 2.45) is 0 Å². The largest absolute Gasteiger partial charge is 0.646 e. The maximum atomic E-state index is 13.0. The van der Waals surface area contributed by atoms with Crippen molar-refractivity contribution in [1.82, 2.24) is 0 Å². The minimum absolute atomic E-state index is 0.490. The standard InChI is InChI=1S/C18H21O4P/c1-6-20-23(19,21-17-13(2)9-7-10-14(17)3)22-18-15(4)11-8-12-16(18)5/h6-12H,1H2,2-5H3. The van der Waals surface area contributed by atoms with Crippen LogP contribution in [0.25, 0.3) is 0 Å². The predicted octanol–water partition coefficient (Wildman–Crippen LogP) is 5.65. The van der Waals surface area contributed by atoms with Crippen molar-refractivity contribution in [3.8, 4) is 11.5 Å². The molecule has 2 aromatic rings. The predicted molar refractivity (Wildman–Crippen MR) is 92.0 cm³/mol. The quantitative estimate of drug-likeness (QED) is 0.507. The van der Waals surface area contributed by atoms with Crippen LogP contribution in [0, 0.1) is 27.7 Å². The van der Waals surface area contributed by atoms with Gasteiger partial charge < -0.3 is 13.6 Å². The van der Waals surface area contributed by atoms with Gasteiger partial charge in [-0.2, -0.15) is 4.57 Å². The molecule has 2 rings (SSSR count). The van der Waals surface area contributed by atoms with E-state index in [0.29, 0.717) is 11.5 Å². The average Bonchev–Trinajstić information content (AvgIpc) is 2.48. The van der Waals surface area contributed by atoms with Crippen molar-refractivity contribution in [1.29, 1.82) is 0 Å². The molecule has 0 spiro atoms. The molecule has 0 aliphatic carbocycles. The number of rotatable bonds is 6. The van der Waals surface area contributed by atoms with Gasteiger partial charge >= 0.3 is 7.82 Å². The van der Waals surface area contributed by atoms with Crippen molar-refractivity contribution in [3.63, 3.8) is 0 Å². The van der Waals surface area contributed by atoms with Gasteiger partial charge in [0.15, 0.2) is 0 Å². The molecule has 0 aliphatic rings. The third-order valence-electron chi connectivity index (χ3n) is 3.43. The van der Waals surface area contributed by atoms with Gasteiger partial charge in [-0.1, -0.05) is 43.0 Å². The Hall–Kier alpha value is -2.19. The molecule has 5 heteroatoms. The van der Waals surface area contributed by atoms with Gasteiger partial charge in [0.1, 0.15) is 11.5 Å². The molecule has 0 aliphatic heterocycles. The first-order valence-corrected chi connectivity index (χ1v) is 8.73. The Labute approximate surface area is 137 Å². The fraction of sp³-hybridized carbons (Fsp3) is 0.222. The van der Waals surface area contributed by atoms with Crippen molar-refractivity contribution >= 4 is 7.82 Å². The topological polar surface area (TPSA) is 44.8 Å². The van der Waals surface area contributed by atoms with Gasteiger partial charge in [-0.25, -0.2) is 0 Å². The molecule has 122 valence electrons. The van der Waals surface area contributed by atoms with E-state index in [0.717, 1.165) is 28.5 Å². The van der Waals surface area contributed by atoms with Crippen LogP contribution in [0.15, 0.2) is 49.2 Å². The van der Waals surface area contributed by atoms with Gasteiger partial charge in [0, 0.05) is 0 Å². The number of aryl methyl sites for hydroxylation is 4. The van der Waals surface area contributed by atoms with Crippen LogP contribution < -0.4 is 9.05 Å². The molecular formula is C18H21O4P. The summed E-state index contributed by atoms with van der Waals surface area (Å²) in [5.41, 5.74) is 3.40. The van der Waals surface area contributed by atoms with Crippen LogP contribution in [0.1, 0.15) is 22.3 Å². The third-order valence-corrected chi connectivity index (χ3v) is 4.65. The maximum absolute atomic E-state index is 13.0. The first-order valence-electron chi connectivity index (χ1n) is 7.27. The molecule has 0 amide bonds. The molecule has 4 nitrogen and oxygen atoms in total. The molecule has 23 heavy (non-hydrogen) atoms. The first-order chi connectivity index (χ1) is 10.9. The molecular weight excluding hydrogens is 311 g/mol. The van der Waals surface area contributed by atoms with Crippen LogP contribution in [0.2, 0.25) is 0 Å². The second-order valence-electron chi connectivity index (χ2n) is 5.34. The Morgan fingerprint density at radius 2 is 1.17 bits per heavy atom. The number of benzene rings is 2. The summed E-state index contributed by atoms with van der Waals surface area (Å²) >= 11 is 0. The summed E-state index contributed by atoms with van der Waals surface area (Å²) in [4.78, 5) is 0. The van der Waals surface area contributed by atoms with Gasteiger partial charge in [0.25, 0.3) is 0 Å². The Balaban J connectivity index is 2.40. The highest BCUT2D eigenvalue weighted by Crippen LogP contribution is 2.52. The molecule has 0 heterocycles. The van der Waals surface area contributed by atoms with Gasteiger partial charge in [-0.3, -0.25) is 0 Å². The summed E-state index contributed by atoms with van der Waals surface area (Å²) in [6.07, 6.45) is 1.07. The zero-order valence-electron chi connectivity index (χ0n) is 13.8. The monoisotopic (exact) mass is 332 g/mol. The van der Waals surface area contributed by atoms with E-state index >= 15 is 0 Å². The number of phosphoric acid groups is 1. The fourth-order valence-corrected chi connectivity index (χ4v) is 3.59. The van der Waals surface area contributed by atoms with E-state index in [2.05, 4.69) is 6.58 Å². The highest BCUT2D eigenvalue weighted by atomic mass is 31.2. The van der Waals surface area contributed by atoms with Gasteiger partial charge in [-0.15, -0.1) is 0 Å². The fourth-order valence-electron chi connectivity index (χ4n) is 2.26. The van der Waals surface area contributed by atoms with Crippen LogP contribution in [-0.4, -0.2) is 0 Å². The zero-order valence-corrected chi connectivity index (χ0v) is 14.7. The highest BCUT2D eigenvalue weighted by Gasteiger charge is 2.33. The molecule has 0 bridgehead atoms. The van der Waals surface area contributed by atoms with Crippen LogP contribution in [-0.2, 0) is 9.09 Å². The summed E-state index contributed by atoms with van der Waals surface area (Å²) in [6.45, 7) is 11.0. The van der Waals surface area contributed by atoms with Crippen LogP contribution in [0.3, 0.4) is 0 Å². The van der Waals surface area contributed by atoms with E-state index in [9.17, 15) is 4.57 Å². The van der Waals surface area contributed by atoms with E-state index in [1.54, 1.807) is 0 Å². The molecule has 0 radical (unpaired) electrons. The Morgan fingerprint density at radius 1 is 0.826 bits per heavy atom. The molecule has 0 saturated carbocycles. The zero-order chi connectivity index (χ0) is 17.0. The number of phosphoric ester groups is 1. The lowest BCUT2D eigenvalue weighted by atomic mass is 10.1. The lowest BCUT2D eigenvalue weighted by Crippen LogP contribution is -2.06. The first kappa shape index (κ1) is 17.2. The minimum atomic E-state index is -3.89. The smallest absolute Gasteiger partial charge is 0.395 e. The lowest BCUT2D eigenvalue weighted by molar-refractivity contribution is 0.272. The SMILES string of the molecule is C=COP(=O)(Oc1c(C)cccc1C)Oc1c(C)cccc1C. The van der Waals surface area contributed by atoms with E-state index in [-0.39, 0.29) is 0 Å². The summed E-state index contributed by atoms with van der Waals surface area (Å²) in [5.74, 6) is 0.979. The van der Waals surface area contributed by atoms with E-state index in [4.69, 9.17) is 13.6 Å². The number of hydrogen-bond donors (Lipinski definition) is 0. The summed E-state index contributed by atoms with van der Waals surface area (Å²) in [7, 11) is -3.89. The molecule has 0 aromatic heterocycles. The van der Waals surface area contributed by atoms with E-state index in [1.807, 2.05) is 64.1 Å². The van der Waals surface area contributed by atoms with Crippen molar-refractivity contribution in [2.45, 2.75) is 27.7 Å². The van der Waals surface area contributed by atoms with Gasteiger partial charge in [-0.05, 0) is 49.9 Å². The number of hydrogen-bond acceptors (Lipinski definition) is 4. The van der Waals surface area contributed by atoms with Crippen molar-refractivity contribution in [3.05, 3.63) is 71.5 Å². The molecule has 0 unspecified atom stereocenters. The average molecular weight is 332 g/mol. The summed E-state index contributed by atoms with van der Waals surface area (Å²) < 4.78 is 29.5. The molecule has 0 saturated heterocycles. The van der Waals surface area contributed by atoms with Gasteiger partial charge in [0.05, 0.1) is 6.26 Å². The molecule has 2 aromatic carbocycles. The minimum Gasteiger partial charge on any atom is -0.395 e. The molecule has 0 N–H and O–H groups in total. The second kappa shape index (κ2) is 6.93. The maximum Gasteiger partial charge on any atom is 0.646 e. The van der Waals surface area contributed by atoms with Crippen molar-refractivity contribution < 1.29 is 18.1 Å². The lowest BCUT2D eigenvalue weighted by Gasteiger charge is -2.21. The van der Waals surface area contributed by atoms with Crippen LogP contribution >= 0.6 is 7.82 Å². The molecule has 0 fully saturated rings. The summed E-state index contributed by atoms with van der Waals surface area (Å²) in [6, 6.07) is 11.3. The van der Waals surface area contributed by atoms with Crippen molar-refractivity contribution in [2.75, 3.05) is 0 Å². The summed E-state index contributed by atoms with van der Waals surface area (Å²) in [5, 5.41) is 0. The Morgan fingerprint density at radius 3 is 1.48 bits per heavy atom.